The van der Waals surface area contributed by atoms with Gasteiger partial charge in [0, 0.05) is 13.1 Å². The third kappa shape index (κ3) is 1.80. The summed E-state index contributed by atoms with van der Waals surface area (Å²) in [5, 5.41) is 16.9. The number of nitriles is 2. The van der Waals surface area contributed by atoms with Crippen LogP contribution in [0.5, 0.6) is 0 Å². The molecule has 0 unspecified atom stereocenters. The minimum atomic E-state index is -3.43. The first-order chi connectivity index (χ1) is 5.93. The van der Waals surface area contributed by atoms with Crippen molar-refractivity contribution in [2.24, 2.45) is 5.41 Å². The lowest BCUT2D eigenvalue weighted by Crippen LogP contribution is -2.56. The zero-order chi connectivity index (χ0) is 10.1. The summed E-state index contributed by atoms with van der Waals surface area (Å²) in [6.07, 6.45) is 0. The zero-order valence-electron chi connectivity index (χ0n) is 7.19. The van der Waals surface area contributed by atoms with Crippen LogP contribution in [0.1, 0.15) is 6.92 Å². The average molecular weight is 199 g/mol. The quantitative estimate of drug-likeness (QED) is 0.610. The van der Waals surface area contributed by atoms with Gasteiger partial charge in [0.1, 0.15) is 0 Å². The highest BCUT2D eigenvalue weighted by Gasteiger charge is 2.44. The summed E-state index contributed by atoms with van der Waals surface area (Å²) in [6.45, 7) is 2.10. The van der Waals surface area contributed by atoms with Crippen LogP contribution in [0.2, 0.25) is 0 Å². The average Bonchev–Trinajstić information content (AvgIpc) is 1.98. The highest BCUT2D eigenvalue weighted by atomic mass is 32.2. The standard InChI is InChI=1S/C7H9N3O2S/c1-7(4-9)5-10(6-7)13(11,12)3-2-8/h3,5-6H2,1H3. The van der Waals surface area contributed by atoms with Gasteiger partial charge in [0.15, 0.2) is 5.75 Å². The molecule has 0 amide bonds. The third-order valence-corrected chi connectivity index (χ3v) is 3.50. The van der Waals surface area contributed by atoms with Crippen molar-refractivity contribution >= 4 is 10.0 Å². The maximum absolute atomic E-state index is 11.2. The normalized spacial score (nSPS) is 21.2. The van der Waals surface area contributed by atoms with Crippen LogP contribution >= 0.6 is 0 Å². The molecular weight excluding hydrogens is 190 g/mol. The van der Waals surface area contributed by atoms with Crippen molar-refractivity contribution in [3.63, 3.8) is 0 Å². The molecular formula is C7H9N3O2S. The van der Waals surface area contributed by atoms with Gasteiger partial charge >= 0.3 is 0 Å². The summed E-state index contributed by atoms with van der Waals surface area (Å²) in [4.78, 5) is 0. The largest absolute Gasteiger partial charge is 0.227 e. The molecule has 13 heavy (non-hydrogen) atoms. The Morgan fingerprint density at radius 3 is 2.38 bits per heavy atom. The fourth-order valence-electron chi connectivity index (χ4n) is 1.17. The summed E-state index contributed by atoms with van der Waals surface area (Å²) in [5.41, 5.74) is -0.567. The number of hydrogen-bond acceptors (Lipinski definition) is 4. The van der Waals surface area contributed by atoms with E-state index in [1.54, 1.807) is 13.0 Å². The van der Waals surface area contributed by atoms with Gasteiger partial charge in [-0.3, -0.25) is 0 Å². The Balaban J connectivity index is 2.65. The highest BCUT2D eigenvalue weighted by Crippen LogP contribution is 2.30. The van der Waals surface area contributed by atoms with Crippen molar-refractivity contribution in [2.75, 3.05) is 18.8 Å². The fourth-order valence-corrected chi connectivity index (χ4v) is 2.48. The zero-order valence-corrected chi connectivity index (χ0v) is 8.00. The van der Waals surface area contributed by atoms with Crippen LogP contribution in [-0.4, -0.2) is 31.6 Å². The molecule has 0 saturated carbocycles. The molecule has 6 heteroatoms. The number of nitrogens with zero attached hydrogens (tertiary/aromatic N) is 3. The van der Waals surface area contributed by atoms with Crippen molar-refractivity contribution in [3.8, 4) is 12.1 Å². The summed E-state index contributed by atoms with van der Waals surface area (Å²) in [5.74, 6) is -0.505. The second-order valence-corrected chi connectivity index (χ2v) is 5.32. The van der Waals surface area contributed by atoms with E-state index in [4.69, 9.17) is 10.5 Å². The molecule has 1 aliphatic heterocycles. The Labute approximate surface area is 77.2 Å². The first kappa shape index (κ1) is 9.97. The van der Waals surface area contributed by atoms with Crippen molar-refractivity contribution in [2.45, 2.75) is 6.92 Å². The van der Waals surface area contributed by atoms with E-state index in [9.17, 15) is 8.42 Å². The van der Waals surface area contributed by atoms with E-state index in [0.29, 0.717) is 0 Å². The van der Waals surface area contributed by atoms with E-state index < -0.39 is 21.2 Å². The number of rotatable bonds is 2. The Bertz CT molecular complexity index is 381. The van der Waals surface area contributed by atoms with Gasteiger partial charge in [0.25, 0.3) is 0 Å². The molecule has 0 aromatic rings. The van der Waals surface area contributed by atoms with E-state index in [0.717, 1.165) is 0 Å². The lowest BCUT2D eigenvalue weighted by Gasteiger charge is -2.41. The molecule has 1 saturated heterocycles. The predicted octanol–water partition coefficient (Wildman–Crippen LogP) is -0.315. The van der Waals surface area contributed by atoms with Gasteiger partial charge in [-0.25, -0.2) is 8.42 Å². The Morgan fingerprint density at radius 1 is 1.46 bits per heavy atom. The van der Waals surface area contributed by atoms with Gasteiger partial charge in [-0.2, -0.15) is 14.8 Å². The van der Waals surface area contributed by atoms with E-state index in [2.05, 4.69) is 0 Å². The number of sulfonamides is 1. The maximum atomic E-state index is 11.2. The second-order valence-electron chi connectivity index (χ2n) is 3.35. The number of hydrogen-bond donors (Lipinski definition) is 0. The minimum absolute atomic E-state index is 0.202. The lowest BCUT2D eigenvalue weighted by atomic mass is 9.86. The predicted molar refractivity (Wildman–Crippen MR) is 44.7 cm³/mol. The van der Waals surface area contributed by atoms with E-state index in [-0.39, 0.29) is 13.1 Å². The molecule has 0 aromatic heterocycles. The molecule has 1 aliphatic rings. The molecule has 1 heterocycles. The van der Waals surface area contributed by atoms with Crippen LogP contribution in [0.4, 0.5) is 0 Å². The topological polar surface area (TPSA) is 85.0 Å². The van der Waals surface area contributed by atoms with E-state index >= 15 is 0 Å². The van der Waals surface area contributed by atoms with Crippen LogP contribution in [0, 0.1) is 28.1 Å². The van der Waals surface area contributed by atoms with Crippen molar-refractivity contribution in [1.82, 2.24) is 4.31 Å². The van der Waals surface area contributed by atoms with Crippen LogP contribution in [0.15, 0.2) is 0 Å². The van der Waals surface area contributed by atoms with Gasteiger partial charge < -0.3 is 0 Å². The molecule has 0 N–H and O–H groups in total. The summed E-state index contributed by atoms with van der Waals surface area (Å²) in [7, 11) is -3.43. The molecule has 0 radical (unpaired) electrons. The van der Waals surface area contributed by atoms with Gasteiger partial charge in [0.05, 0.1) is 17.6 Å². The van der Waals surface area contributed by atoms with Crippen molar-refractivity contribution < 1.29 is 8.42 Å². The molecule has 0 aliphatic carbocycles. The molecule has 1 fully saturated rings. The van der Waals surface area contributed by atoms with Crippen LogP contribution in [-0.2, 0) is 10.0 Å². The first-order valence-electron chi connectivity index (χ1n) is 3.69. The van der Waals surface area contributed by atoms with Gasteiger partial charge in [-0.15, -0.1) is 0 Å². The van der Waals surface area contributed by atoms with Crippen molar-refractivity contribution in [3.05, 3.63) is 0 Å². The molecule has 5 nitrogen and oxygen atoms in total. The molecule has 1 rings (SSSR count). The van der Waals surface area contributed by atoms with Gasteiger partial charge in [-0.1, -0.05) is 0 Å². The van der Waals surface area contributed by atoms with E-state index in [1.807, 2.05) is 6.07 Å². The van der Waals surface area contributed by atoms with Crippen LogP contribution in [0.3, 0.4) is 0 Å². The SMILES string of the molecule is CC1(C#N)CN(S(=O)(=O)CC#N)C1. The summed E-state index contributed by atoms with van der Waals surface area (Å²) >= 11 is 0. The highest BCUT2D eigenvalue weighted by molar-refractivity contribution is 7.89. The van der Waals surface area contributed by atoms with Crippen molar-refractivity contribution in [1.29, 1.82) is 10.5 Å². The van der Waals surface area contributed by atoms with Crippen LogP contribution in [0.25, 0.3) is 0 Å². The maximum Gasteiger partial charge on any atom is 0.227 e. The second kappa shape index (κ2) is 2.99. The molecule has 70 valence electrons. The molecule has 0 spiro atoms. The van der Waals surface area contributed by atoms with Gasteiger partial charge in [-0.05, 0) is 6.92 Å². The lowest BCUT2D eigenvalue weighted by molar-refractivity contribution is 0.150. The van der Waals surface area contributed by atoms with Crippen LogP contribution < -0.4 is 0 Å². The smallest absolute Gasteiger partial charge is 0.211 e. The molecule has 0 atom stereocenters. The Hall–Kier alpha value is -1.11. The van der Waals surface area contributed by atoms with Gasteiger partial charge in [0.2, 0.25) is 10.0 Å². The first-order valence-corrected chi connectivity index (χ1v) is 5.30. The Kier molecular flexibility index (Phi) is 2.29. The Morgan fingerprint density at radius 2 is 2.00 bits per heavy atom. The molecule has 0 aromatic carbocycles. The third-order valence-electron chi connectivity index (χ3n) is 1.96. The molecule has 0 bridgehead atoms. The monoisotopic (exact) mass is 199 g/mol. The fraction of sp³-hybridized carbons (Fsp3) is 0.714. The summed E-state index contributed by atoms with van der Waals surface area (Å²) in [6, 6.07) is 3.62. The minimum Gasteiger partial charge on any atom is -0.211 e. The summed E-state index contributed by atoms with van der Waals surface area (Å²) < 4.78 is 23.6. The van der Waals surface area contributed by atoms with E-state index in [1.165, 1.54) is 4.31 Å².